The highest BCUT2D eigenvalue weighted by Crippen LogP contribution is 2.36. The normalized spacial score (nSPS) is 10.9. The van der Waals surface area contributed by atoms with Gasteiger partial charge in [-0.25, -0.2) is 9.37 Å². The molecule has 0 atom stereocenters. The van der Waals surface area contributed by atoms with Crippen LogP contribution in [0.3, 0.4) is 0 Å². The molecule has 3 rings (SSSR count). The number of aromatic nitrogens is 2. The molecule has 0 unspecified atom stereocenters. The van der Waals surface area contributed by atoms with Gasteiger partial charge in [0.05, 0.1) is 17.2 Å². The van der Waals surface area contributed by atoms with E-state index in [0.29, 0.717) is 21.9 Å². The van der Waals surface area contributed by atoms with Crippen LogP contribution in [0.1, 0.15) is 11.8 Å². The Morgan fingerprint density at radius 1 is 1.38 bits per heavy atom. The van der Waals surface area contributed by atoms with Crippen molar-refractivity contribution in [3.63, 3.8) is 0 Å². The van der Waals surface area contributed by atoms with Crippen LogP contribution in [0.15, 0.2) is 34.2 Å². The fourth-order valence-corrected chi connectivity index (χ4v) is 4.44. The number of hydrogen-bond donors (Lipinski definition) is 0. The van der Waals surface area contributed by atoms with Crippen molar-refractivity contribution in [2.75, 3.05) is 5.75 Å². The zero-order valence-electron chi connectivity index (χ0n) is 13.2. The van der Waals surface area contributed by atoms with Crippen molar-refractivity contribution in [3.05, 3.63) is 45.3 Å². The second kappa shape index (κ2) is 6.75. The zero-order valence-corrected chi connectivity index (χ0v) is 14.8. The lowest BCUT2D eigenvalue weighted by Crippen LogP contribution is -2.22. The summed E-state index contributed by atoms with van der Waals surface area (Å²) in [5.41, 5.74) is 1.50. The summed E-state index contributed by atoms with van der Waals surface area (Å²) in [6, 6.07) is 8.20. The predicted molar refractivity (Wildman–Crippen MR) is 96.0 cm³/mol. The van der Waals surface area contributed by atoms with E-state index in [-0.39, 0.29) is 17.1 Å². The molecule has 0 aliphatic carbocycles. The number of benzene rings is 1. The van der Waals surface area contributed by atoms with Gasteiger partial charge in [0.2, 0.25) is 0 Å². The second-order valence-corrected chi connectivity index (χ2v) is 7.26. The van der Waals surface area contributed by atoms with Gasteiger partial charge in [0.15, 0.2) is 5.16 Å². The van der Waals surface area contributed by atoms with E-state index in [0.717, 1.165) is 16.0 Å². The minimum atomic E-state index is -0.310. The van der Waals surface area contributed by atoms with Crippen molar-refractivity contribution in [3.8, 4) is 17.2 Å². The third-order valence-corrected chi connectivity index (χ3v) is 5.51. The van der Waals surface area contributed by atoms with Crippen molar-refractivity contribution in [1.29, 1.82) is 5.26 Å². The summed E-state index contributed by atoms with van der Waals surface area (Å²) in [7, 11) is 0. The van der Waals surface area contributed by atoms with Gasteiger partial charge in [0, 0.05) is 17.0 Å². The third kappa shape index (κ3) is 2.83. The van der Waals surface area contributed by atoms with Gasteiger partial charge in [-0.3, -0.25) is 9.36 Å². The molecule has 4 nitrogen and oxygen atoms in total. The number of fused-ring (bicyclic) bond motifs is 1. The van der Waals surface area contributed by atoms with Crippen molar-refractivity contribution in [2.24, 2.45) is 0 Å². The average molecular weight is 359 g/mol. The van der Waals surface area contributed by atoms with Crippen molar-refractivity contribution in [2.45, 2.75) is 25.5 Å². The van der Waals surface area contributed by atoms with Gasteiger partial charge >= 0.3 is 0 Å². The Labute approximate surface area is 146 Å². The van der Waals surface area contributed by atoms with Gasteiger partial charge < -0.3 is 0 Å². The molecular formula is C17H14FN3OS2. The number of rotatable bonds is 4. The molecule has 7 heteroatoms. The monoisotopic (exact) mass is 359 g/mol. The summed E-state index contributed by atoms with van der Waals surface area (Å²) >= 11 is 2.71. The van der Waals surface area contributed by atoms with E-state index in [4.69, 9.17) is 5.26 Å². The SMILES string of the molecule is CCn1c(SCC#N)nc2sc(C)c(-c3ccc(F)cc3)c2c1=O. The summed E-state index contributed by atoms with van der Waals surface area (Å²) in [6.45, 7) is 4.29. The summed E-state index contributed by atoms with van der Waals surface area (Å²) in [5, 5.41) is 9.90. The first-order valence-corrected chi connectivity index (χ1v) is 9.16. The van der Waals surface area contributed by atoms with Gasteiger partial charge in [0.1, 0.15) is 10.6 Å². The van der Waals surface area contributed by atoms with Crippen LogP contribution in [0, 0.1) is 24.1 Å². The molecule has 0 aliphatic heterocycles. The van der Waals surface area contributed by atoms with Crippen LogP contribution in [-0.4, -0.2) is 15.3 Å². The molecule has 0 spiro atoms. The predicted octanol–water partition coefficient (Wildman–Crippen LogP) is 4.21. The van der Waals surface area contributed by atoms with E-state index in [2.05, 4.69) is 11.1 Å². The molecule has 0 radical (unpaired) electrons. The minimum Gasteiger partial charge on any atom is -0.287 e. The second-order valence-electron chi connectivity index (χ2n) is 5.11. The van der Waals surface area contributed by atoms with Crippen LogP contribution in [-0.2, 0) is 6.54 Å². The Kier molecular flexibility index (Phi) is 4.69. The van der Waals surface area contributed by atoms with Crippen LogP contribution >= 0.6 is 23.1 Å². The fraction of sp³-hybridized carbons (Fsp3) is 0.235. The number of nitriles is 1. The lowest BCUT2D eigenvalue weighted by molar-refractivity contribution is 0.628. The lowest BCUT2D eigenvalue weighted by atomic mass is 10.0. The van der Waals surface area contributed by atoms with Crippen LogP contribution < -0.4 is 5.56 Å². The fourth-order valence-electron chi connectivity index (χ4n) is 2.63. The maximum absolute atomic E-state index is 13.2. The highest BCUT2D eigenvalue weighted by Gasteiger charge is 2.19. The van der Waals surface area contributed by atoms with Crippen molar-refractivity contribution < 1.29 is 4.39 Å². The Balaban J connectivity index is 2.29. The lowest BCUT2D eigenvalue weighted by Gasteiger charge is -2.09. The first-order valence-electron chi connectivity index (χ1n) is 7.36. The molecule has 1 aromatic carbocycles. The van der Waals surface area contributed by atoms with Gasteiger partial charge in [-0.15, -0.1) is 11.3 Å². The topological polar surface area (TPSA) is 58.7 Å². The molecule has 0 aliphatic rings. The molecule has 3 aromatic rings. The van der Waals surface area contributed by atoms with Crippen molar-refractivity contribution in [1.82, 2.24) is 9.55 Å². The number of thioether (sulfide) groups is 1. The van der Waals surface area contributed by atoms with E-state index < -0.39 is 0 Å². The van der Waals surface area contributed by atoms with Gasteiger partial charge in [-0.1, -0.05) is 23.9 Å². The summed E-state index contributed by atoms with van der Waals surface area (Å²) in [5.74, 6) is -0.0668. The van der Waals surface area contributed by atoms with Crippen molar-refractivity contribution >= 4 is 33.3 Å². The largest absolute Gasteiger partial charge is 0.287 e. The van der Waals surface area contributed by atoms with Gasteiger partial charge in [0.25, 0.3) is 5.56 Å². The number of halogens is 1. The molecular weight excluding hydrogens is 345 g/mol. The van der Waals surface area contributed by atoms with E-state index in [1.807, 2.05) is 13.8 Å². The molecule has 0 amide bonds. The smallest absolute Gasteiger partial charge is 0.263 e. The van der Waals surface area contributed by atoms with E-state index in [1.54, 1.807) is 16.7 Å². The molecule has 0 saturated carbocycles. The standard InChI is InChI=1S/C17H14FN3OS2/c1-3-21-16(22)14-13(11-4-6-12(18)7-5-11)10(2)24-15(14)20-17(21)23-9-8-19/h4-7H,3,9H2,1-2H3. The quantitative estimate of drug-likeness (QED) is 0.517. The van der Waals surface area contributed by atoms with Crippen LogP contribution in [0.5, 0.6) is 0 Å². The highest BCUT2D eigenvalue weighted by atomic mass is 32.2. The molecule has 0 fully saturated rings. The number of nitrogens with zero attached hydrogens (tertiary/aromatic N) is 3. The molecule has 0 N–H and O–H groups in total. The van der Waals surface area contributed by atoms with Gasteiger partial charge in [-0.2, -0.15) is 5.26 Å². The average Bonchev–Trinajstić information content (AvgIpc) is 2.90. The van der Waals surface area contributed by atoms with Crippen LogP contribution in [0.2, 0.25) is 0 Å². The maximum Gasteiger partial charge on any atom is 0.263 e. The Morgan fingerprint density at radius 2 is 2.08 bits per heavy atom. The summed E-state index contributed by atoms with van der Waals surface area (Å²) in [6.07, 6.45) is 0. The molecule has 122 valence electrons. The first kappa shape index (κ1) is 16.7. The number of thiophene rings is 1. The minimum absolute atomic E-state index is 0.119. The Hall–Kier alpha value is -2.17. The molecule has 24 heavy (non-hydrogen) atoms. The Morgan fingerprint density at radius 3 is 2.71 bits per heavy atom. The summed E-state index contributed by atoms with van der Waals surface area (Å²) < 4.78 is 14.8. The molecule has 0 saturated heterocycles. The van der Waals surface area contributed by atoms with E-state index in [1.165, 1.54) is 35.2 Å². The summed E-state index contributed by atoms with van der Waals surface area (Å²) in [4.78, 5) is 19.2. The van der Waals surface area contributed by atoms with Crippen LogP contribution in [0.4, 0.5) is 4.39 Å². The zero-order chi connectivity index (χ0) is 17.3. The molecule has 2 aromatic heterocycles. The van der Waals surface area contributed by atoms with E-state index in [9.17, 15) is 9.18 Å². The van der Waals surface area contributed by atoms with Gasteiger partial charge in [-0.05, 0) is 31.5 Å². The first-order chi connectivity index (χ1) is 11.6. The molecule has 0 bridgehead atoms. The number of aryl methyl sites for hydroxylation is 1. The third-order valence-electron chi connectivity index (χ3n) is 3.67. The Bertz CT molecular complexity index is 1000. The maximum atomic E-state index is 13.2. The van der Waals surface area contributed by atoms with Crippen LogP contribution in [0.25, 0.3) is 21.3 Å². The number of hydrogen-bond acceptors (Lipinski definition) is 5. The highest BCUT2D eigenvalue weighted by molar-refractivity contribution is 7.99. The molecule has 2 heterocycles. The van der Waals surface area contributed by atoms with E-state index >= 15 is 0 Å².